The monoisotopic (exact) mass is 284 g/mol. The first-order valence-corrected chi connectivity index (χ1v) is 7.21. The molecule has 0 aliphatic rings. The van der Waals surface area contributed by atoms with E-state index in [9.17, 15) is 4.79 Å². The molecule has 2 aromatic carbocycles. The molecule has 0 saturated carbocycles. The van der Waals surface area contributed by atoms with E-state index in [0.29, 0.717) is 5.75 Å². The summed E-state index contributed by atoms with van der Waals surface area (Å²) in [5, 5.41) is 8.95. The Morgan fingerprint density at radius 1 is 1.14 bits per heavy atom. The Morgan fingerprint density at radius 3 is 2.43 bits per heavy atom. The van der Waals surface area contributed by atoms with Crippen molar-refractivity contribution in [3.63, 3.8) is 0 Å². The van der Waals surface area contributed by atoms with Crippen molar-refractivity contribution in [2.75, 3.05) is 0 Å². The summed E-state index contributed by atoms with van der Waals surface area (Å²) in [6.45, 7) is 4.03. The van der Waals surface area contributed by atoms with Gasteiger partial charge in [0.1, 0.15) is 11.5 Å². The molecule has 0 heterocycles. The van der Waals surface area contributed by atoms with Crippen molar-refractivity contribution in [3.05, 3.63) is 59.2 Å². The SMILES string of the molecule is CCCCc1ccc(Oc2ccc(C(=O)O)cc2C)cc1. The summed E-state index contributed by atoms with van der Waals surface area (Å²) in [4.78, 5) is 10.9. The molecule has 0 unspecified atom stereocenters. The van der Waals surface area contributed by atoms with E-state index < -0.39 is 5.97 Å². The van der Waals surface area contributed by atoms with Crippen molar-refractivity contribution in [1.82, 2.24) is 0 Å². The van der Waals surface area contributed by atoms with Crippen LogP contribution in [0.15, 0.2) is 42.5 Å². The molecule has 0 spiro atoms. The van der Waals surface area contributed by atoms with Gasteiger partial charge in [0.05, 0.1) is 5.56 Å². The van der Waals surface area contributed by atoms with Crippen LogP contribution in [0.2, 0.25) is 0 Å². The average molecular weight is 284 g/mol. The van der Waals surface area contributed by atoms with Gasteiger partial charge in [0.25, 0.3) is 0 Å². The lowest BCUT2D eigenvalue weighted by atomic mass is 10.1. The van der Waals surface area contributed by atoms with E-state index in [2.05, 4.69) is 19.1 Å². The Labute approximate surface area is 125 Å². The van der Waals surface area contributed by atoms with Crippen LogP contribution in [-0.4, -0.2) is 11.1 Å². The summed E-state index contributed by atoms with van der Waals surface area (Å²) in [5.41, 5.74) is 2.39. The quantitative estimate of drug-likeness (QED) is 0.826. The van der Waals surface area contributed by atoms with Crippen LogP contribution in [0.25, 0.3) is 0 Å². The number of carboxylic acids is 1. The van der Waals surface area contributed by atoms with Gasteiger partial charge in [-0.3, -0.25) is 0 Å². The lowest BCUT2D eigenvalue weighted by Crippen LogP contribution is -1.97. The van der Waals surface area contributed by atoms with Gasteiger partial charge >= 0.3 is 5.97 Å². The van der Waals surface area contributed by atoms with E-state index in [1.807, 2.05) is 19.1 Å². The average Bonchev–Trinajstić information content (AvgIpc) is 2.48. The molecule has 0 atom stereocenters. The van der Waals surface area contributed by atoms with Crippen molar-refractivity contribution in [1.29, 1.82) is 0 Å². The van der Waals surface area contributed by atoms with Gasteiger partial charge in [-0.2, -0.15) is 0 Å². The highest BCUT2D eigenvalue weighted by molar-refractivity contribution is 5.88. The summed E-state index contributed by atoms with van der Waals surface area (Å²) >= 11 is 0. The van der Waals surface area contributed by atoms with Crippen molar-refractivity contribution in [2.24, 2.45) is 0 Å². The van der Waals surface area contributed by atoms with Crippen molar-refractivity contribution >= 4 is 5.97 Å². The van der Waals surface area contributed by atoms with Crippen LogP contribution < -0.4 is 4.74 Å². The van der Waals surface area contributed by atoms with Gasteiger partial charge in [-0.1, -0.05) is 25.5 Å². The highest BCUT2D eigenvalue weighted by Crippen LogP contribution is 2.26. The zero-order valence-corrected chi connectivity index (χ0v) is 12.4. The number of ether oxygens (including phenoxy) is 1. The number of unbranched alkanes of at least 4 members (excludes halogenated alkanes) is 1. The van der Waals surface area contributed by atoms with E-state index in [-0.39, 0.29) is 5.56 Å². The number of aryl methyl sites for hydroxylation is 2. The predicted molar refractivity (Wildman–Crippen MR) is 83.3 cm³/mol. The molecule has 2 aromatic rings. The summed E-state index contributed by atoms with van der Waals surface area (Å²) in [7, 11) is 0. The van der Waals surface area contributed by atoms with Crippen molar-refractivity contribution in [3.8, 4) is 11.5 Å². The minimum atomic E-state index is -0.926. The number of carboxylic acid groups (broad SMARTS) is 1. The maximum absolute atomic E-state index is 10.9. The normalized spacial score (nSPS) is 10.4. The summed E-state index contributed by atoms with van der Waals surface area (Å²) < 4.78 is 5.81. The van der Waals surface area contributed by atoms with E-state index in [1.54, 1.807) is 18.2 Å². The standard InChI is InChI=1S/C18H20O3/c1-3-4-5-14-6-9-16(10-7-14)21-17-11-8-15(18(19)20)12-13(17)2/h6-12H,3-5H2,1-2H3,(H,19,20). The molecule has 0 aliphatic heterocycles. The molecule has 2 rings (SSSR count). The lowest BCUT2D eigenvalue weighted by Gasteiger charge is -2.10. The highest BCUT2D eigenvalue weighted by atomic mass is 16.5. The van der Waals surface area contributed by atoms with Gasteiger partial charge in [0, 0.05) is 0 Å². The third-order valence-corrected chi connectivity index (χ3v) is 3.39. The number of aromatic carboxylic acids is 1. The second kappa shape index (κ2) is 6.93. The zero-order chi connectivity index (χ0) is 15.2. The first-order valence-electron chi connectivity index (χ1n) is 7.21. The first kappa shape index (κ1) is 15.1. The van der Waals surface area contributed by atoms with E-state index in [1.165, 1.54) is 18.4 Å². The fourth-order valence-corrected chi connectivity index (χ4v) is 2.13. The number of carbonyl (C=O) groups is 1. The largest absolute Gasteiger partial charge is 0.478 e. The molecule has 0 aromatic heterocycles. The molecule has 110 valence electrons. The van der Waals surface area contributed by atoms with Gasteiger partial charge in [-0.15, -0.1) is 0 Å². The third-order valence-electron chi connectivity index (χ3n) is 3.39. The predicted octanol–water partition coefficient (Wildman–Crippen LogP) is 4.83. The van der Waals surface area contributed by atoms with Gasteiger partial charge in [-0.25, -0.2) is 4.79 Å². The molecule has 1 N–H and O–H groups in total. The van der Waals surface area contributed by atoms with E-state index in [0.717, 1.165) is 17.7 Å². The maximum Gasteiger partial charge on any atom is 0.335 e. The molecule has 21 heavy (non-hydrogen) atoms. The Kier molecular flexibility index (Phi) is 4.99. The molecule has 0 radical (unpaired) electrons. The Morgan fingerprint density at radius 2 is 1.86 bits per heavy atom. The van der Waals surface area contributed by atoms with Crippen LogP contribution in [0, 0.1) is 6.92 Å². The van der Waals surface area contributed by atoms with Crippen molar-refractivity contribution < 1.29 is 14.6 Å². The van der Waals surface area contributed by atoms with E-state index >= 15 is 0 Å². The Hall–Kier alpha value is -2.29. The fourth-order valence-electron chi connectivity index (χ4n) is 2.13. The molecular formula is C18H20O3. The minimum absolute atomic E-state index is 0.273. The minimum Gasteiger partial charge on any atom is -0.478 e. The molecule has 0 bridgehead atoms. The second-order valence-electron chi connectivity index (χ2n) is 5.13. The molecule has 0 fully saturated rings. The lowest BCUT2D eigenvalue weighted by molar-refractivity contribution is 0.0697. The zero-order valence-electron chi connectivity index (χ0n) is 12.4. The molecule has 0 amide bonds. The molecule has 0 aliphatic carbocycles. The molecule has 3 nitrogen and oxygen atoms in total. The Balaban J connectivity index is 2.09. The van der Waals surface area contributed by atoms with Crippen LogP contribution in [-0.2, 0) is 6.42 Å². The van der Waals surface area contributed by atoms with Crippen molar-refractivity contribution in [2.45, 2.75) is 33.1 Å². The van der Waals surface area contributed by atoms with Crippen LogP contribution in [0.4, 0.5) is 0 Å². The topological polar surface area (TPSA) is 46.5 Å². The van der Waals surface area contributed by atoms with E-state index in [4.69, 9.17) is 9.84 Å². The summed E-state index contributed by atoms with van der Waals surface area (Å²) in [6.07, 6.45) is 3.46. The maximum atomic E-state index is 10.9. The third kappa shape index (κ3) is 4.09. The number of hydrogen-bond acceptors (Lipinski definition) is 2. The van der Waals surface area contributed by atoms with Gasteiger partial charge in [0.15, 0.2) is 0 Å². The van der Waals surface area contributed by atoms with Crippen LogP contribution in [0.1, 0.15) is 41.3 Å². The van der Waals surface area contributed by atoms with Crippen LogP contribution in [0.3, 0.4) is 0 Å². The van der Waals surface area contributed by atoms with Crippen LogP contribution >= 0.6 is 0 Å². The van der Waals surface area contributed by atoms with Gasteiger partial charge in [-0.05, 0) is 61.2 Å². The Bertz CT molecular complexity index is 615. The number of hydrogen-bond donors (Lipinski definition) is 1. The highest BCUT2D eigenvalue weighted by Gasteiger charge is 2.07. The molecule has 0 saturated heterocycles. The molecule has 3 heteroatoms. The smallest absolute Gasteiger partial charge is 0.335 e. The summed E-state index contributed by atoms with van der Waals surface area (Å²) in [5.74, 6) is 0.521. The first-order chi connectivity index (χ1) is 10.1. The van der Waals surface area contributed by atoms with Gasteiger partial charge in [0.2, 0.25) is 0 Å². The fraction of sp³-hybridized carbons (Fsp3) is 0.278. The second-order valence-corrected chi connectivity index (χ2v) is 5.13. The number of rotatable bonds is 6. The van der Waals surface area contributed by atoms with Crippen LogP contribution in [0.5, 0.6) is 11.5 Å². The number of benzene rings is 2. The summed E-state index contributed by atoms with van der Waals surface area (Å²) in [6, 6.07) is 12.9. The van der Waals surface area contributed by atoms with Gasteiger partial charge < -0.3 is 9.84 Å². The molecular weight excluding hydrogens is 264 g/mol.